The van der Waals surface area contributed by atoms with Crippen molar-refractivity contribution in [2.45, 2.75) is 25.8 Å². The largest absolute Gasteiger partial charge is 0.459 e. The molecule has 1 aromatic carbocycles. The van der Waals surface area contributed by atoms with E-state index in [2.05, 4.69) is 15.2 Å². The van der Waals surface area contributed by atoms with Gasteiger partial charge in [-0.15, -0.1) is 24.0 Å². The Bertz CT molecular complexity index is 692. The Morgan fingerprint density at radius 2 is 1.88 bits per heavy atom. The molecular weight excluding hydrogens is 431 g/mol. The van der Waals surface area contributed by atoms with E-state index in [0.717, 1.165) is 18.7 Å². The van der Waals surface area contributed by atoms with Crippen molar-refractivity contribution < 1.29 is 9.21 Å². The van der Waals surface area contributed by atoms with Crippen LogP contribution in [0.15, 0.2) is 52.1 Å². The fourth-order valence-electron chi connectivity index (χ4n) is 2.69. The lowest BCUT2D eigenvalue weighted by Gasteiger charge is -2.27. The highest BCUT2D eigenvalue weighted by atomic mass is 127. The Hall–Kier alpha value is -2.03. The third-order valence-corrected chi connectivity index (χ3v) is 4.06. The molecule has 0 bridgehead atoms. The molecule has 0 radical (unpaired) electrons. The van der Waals surface area contributed by atoms with Gasteiger partial charge >= 0.3 is 0 Å². The van der Waals surface area contributed by atoms with Gasteiger partial charge in [0.2, 0.25) is 0 Å². The highest BCUT2D eigenvalue weighted by molar-refractivity contribution is 14.0. The van der Waals surface area contributed by atoms with Gasteiger partial charge in [0.05, 0.1) is 12.8 Å². The van der Waals surface area contributed by atoms with Crippen LogP contribution in [-0.4, -0.2) is 29.9 Å². The van der Waals surface area contributed by atoms with Crippen molar-refractivity contribution in [3.8, 4) is 0 Å². The molecule has 6 nitrogen and oxygen atoms in total. The van der Waals surface area contributed by atoms with Crippen molar-refractivity contribution in [1.29, 1.82) is 0 Å². The van der Waals surface area contributed by atoms with Crippen LogP contribution in [0.4, 0.5) is 5.69 Å². The first kappa shape index (κ1) is 19.3. The number of nitrogens with zero attached hydrogens (tertiary/aromatic N) is 2. The molecule has 0 unspecified atom stereocenters. The second kappa shape index (κ2) is 9.45. The molecule has 0 saturated carbocycles. The number of aliphatic imine (C=N–C) groups is 1. The smallest absolute Gasteiger partial charge is 0.291 e. The maximum atomic E-state index is 11.9. The number of benzene rings is 1. The molecule has 2 heterocycles. The molecule has 1 fully saturated rings. The molecule has 1 saturated heterocycles. The minimum Gasteiger partial charge on any atom is -0.459 e. The number of carbonyl (C=O) groups excluding carboxylic acids is 1. The zero-order valence-corrected chi connectivity index (χ0v) is 16.3. The number of piperidine rings is 1. The van der Waals surface area contributed by atoms with Crippen molar-refractivity contribution in [3.05, 3.63) is 54.0 Å². The molecule has 25 heavy (non-hydrogen) atoms. The van der Waals surface area contributed by atoms with Crippen LogP contribution in [0.25, 0.3) is 0 Å². The number of rotatable bonds is 4. The molecule has 2 aromatic rings. The van der Waals surface area contributed by atoms with E-state index in [-0.39, 0.29) is 35.6 Å². The van der Waals surface area contributed by atoms with Gasteiger partial charge in [-0.2, -0.15) is 0 Å². The predicted octanol–water partition coefficient (Wildman–Crippen LogP) is 3.45. The van der Waals surface area contributed by atoms with Gasteiger partial charge in [-0.05, 0) is 49.1 Å². The number of hydrogen-bond donors (Lipinski definition) is 2. The highest BCUT2D eigenvalue weighted by Gasteiger charge is 2.11. The second-order valence-electron chi connectivity index (χ2n) is 5.85. The molecule has 1 aromatic heterocycles. The number of nitrogens with two attached hydrogens (primary N) is 1. The summed E-state index contributed by atoms with van der Waals surface area (Å²) in [4.78, 5) is 18.5. The number of likely N-dealkylation sites (tertiary alicyclic amines) is 1. The summed E-state index contributed by atoms with van der Waals surface area (Å²) in [7, 11) is 0. The molecule has 0 spiro atoms. The summed E-state index contributed by atoms with van der Waals surface area (Å²) in [5.74, 6) is 0.642. The van der Waals surface area contributed by atoms with E-state index >= 15 is 0 Å². The number of halogens is 1. The molecule has 1 amide bonds. The van der Waals surface area contributed by atoms with Crippen LogP contribution in [0.5, 0.6) is 0 Å². The van der Waals surface area contributed by atoms with Crippen molar-refractivity contribution in [2.24, 2.45) is 10.7 Å². The fourth-order valence-corrected chi connectivity index (χ4v) is 2.69. The summed E-state index contributed by atoms with van der Waals surface area (Å²) in [6.07, 6.45) is 5.11. The molecule has 3 N–H and O–H groups in total. The molecule has 0 aliphatic carbocycles. The van der Waals surface area contributed by atoms with Crippen LogP contribution in [0, 0.1) is 0 Å². The lowest BCUT2D eigenvalue weighted by atomic mass is 10.1. The van der Waals surface area contributed by atoms with E-state index in [4.69, 9.17) is 10.2 Å². The molecular formula is C18H23IN4O2. The van der Waals surface area contributed by atoms with Gasteiger partial charge in [0.1, 0.15) is 0 Å². The number of guanidine groups is 1. The molecule has 1 aliphatic heterocycles. The Labute approximate surface area is 164 Å². The van der Waals surface area contributed by atoms with Crippen LogP contribution in [0.1, 0.15) is 35.4 Å². The first-order valence-electron chi connectivity index (χ1n) is 8.21. The van der Waals surface area contributed by atoms with Crippen molar-refractivity contribution in [3.63, 3.8) is 0 Å². The number of furan rings is 1. The quantitative estimate of drug-likeness (QED) is 0.421. The van der Waals surface area contributed by atoms with Crippen LogP contribution < -0.4 is 11.1 Å². The van der Waals surface area contributed by atoms with Gasteiger partial charge in [-0.3, -0.25) is 4.79 Å². The summed E-state index contributed by atoms with van der Waals surface area (Å²) in [5, 5.41) is 2.79. The summed E-state index contributed by atoms with van der Waals surface area (Å²) >= 11 is 0. The zero-order chi connectivity index (χ0) is 16.8. The maximum absolute atomic E-state index is 11.9. The lowest BCUT2D eigenvalue weighted by molar-refractivity contribution is 0.0996. The number of anilines is 1. The third kappa shape index (κ3) is 5.48. The van der Waals surface area contributed by atoms with E-state index in [0.29, 0.717) is 18.2 Å². The Kier molecular flexibility index (Phi) is 7.30. The van der Waals surface area contributed by atoms with Crippen molar-refractivity contribution in [2.75, 3.05) is 18.4 Å². The molecule has 7 heteroatoms. The normalized spacial score (nSPS) is 14.7. The van der Waals surface area contributed by atoms with E-state index in [1.54, 1.807) is 12.1 Å². The lowest BCUT2D eigenvalue weighted by Crippen LogP contribution is -2.40. The first-order chi connectivity index (χ1) is 11.7. The van der Waals surface area contributed by atoms with E-state index in [1.807, 2.05) is 24.3 Å². The third-order valence-electron chi connectivity index (χ3n) is 4.06. The van der Waals surface area contributed by atoms with Crippen molar-refractivity contribution >= 4 is 41.5 Å². The molecule has 0 atom stereocenters. The average Bonchev–Trinajstić information content (AvgIpc) is 3.16. The predicted molar refractivity (Wildman–Crippen MR) is 109 cm³/mol. The first-order valence-corrected chi connectivity index (χ1v) is 8.21. The summed E-state index contributed by atoms with van der Waals surface area (Å²) in [6.45, 7) is 2.52. The van der Waals surface area contributed by atoms with Crippen LogP contribution >= 0.6 is 24.0 Å². The van der Waals surface area contributed by atoms with Crippen LogP contribution in [0.3, 0.4) is 0 Å². The monoisotopic (exact) mass is 454 g/mol. The van der Waals surface area contributed by atoms with Gasteiger partial charge in [0.25, 0.3) is 5.91 Å². The highest BCUT2D eigenvalue weighted by Crippen LogP contribution is 2.13. The van der Waals surface area contributed by atoms with Gasteiger partial charge in [-0.1, -0.05) is 12.1 Å². The van der Waals surface area contributed by atoms with E-state index in [9.17, 15) is 4.79 Å². The van der Waals surface area contributed by atoms with Gasteiger partial charge < -0.3 is 20.4 Å². The molecule has 1 aliphatic rings. The van der Waals surface area contributed by atoms with Gasteiger partial charge in [0.15, 0.2) is 11.7 Å². The van der Waals surface area contributed by atoms with E-state index < -0.39 is 0 Å². The van der Waals surface area contributed by atoms with Gasteiger partial charge in [0, 0.05) is 18.8 Å². The topological polar surface area (TPSA) is 83.9 Å². The number of amides is 1. The Morgan fingerprint density at radius 3 is 2.52 bits per heavy atom. The van der Waals surface area contributed by atoms with E-state index in [1.165, 1.54) is 25.5 Å². The second-order valence-corrected chi connectivity index (χ2v) is 5.85. The molecule has 3 rings (SSSR count). The minimum atomic E-state index is -0.264. The number of carbonyl (C=O) groups is 1. The number of hydrogen-bond acceptors (Lipinski definition) is 3. The SMILES string of the molecule is I.NC(=NCc1ccc(NC(=O)c2ccco2)cc1)N1CCCCC1. The Morgan fingerprint density at radius 1 is 1.16 bits per heavy atom. The standard InChI is InChI=1S/C18H22N4O2.HI/c19-18(22-10-2-1-3-11-22)20-13-14-6-8-15(9-7-14)21-17(23)16-5-4-12-24-16;/h4-9,12H,1-3,10-11,13H2,(H2,19,20)(H,21,23);1H. The molecule has 134 valence electrons. The average molecular weight is 454 g/mol. The maximum Gasteiger partial charge on any atom is 0.291 e. The number of nitrogens with one attached hydrogen (secondary N) is 1. The van der Waals surface area contributed by atoms with Crippen LogP contribution in [-0.2, 0) is 6.54 Å². The van der Waals surface area contributed by atoms with Crippen molar-refractivity contribution in [1.82, 2.24) is 4.90 Å². The summed E-state index contributed by atoms with van der Waals surface area (Å²) in [5.41, 5.74) is 7.82. The zero-order valence-electron chi connectivity index (χ0n) is 14.0. The van der Waals surface area contributed by atoms with Gasteiger partial charge in [-0.25, -0.2) is 4.99 Å². The summed E-state index contributed by atoms with van der Waals surface area (Å²) < 4.78 is 5.07. The fraction of sp³-hybridized carbons (Fsp3) is 0.333. The summed E-state index contributed by atoms with van der Waals surface area (Å²) in [6, 6.07) is 10.9. The minimum absolute atomic E-state index is 0. The van der Waals surface area contributed by atoms with Crippen LogP contribution in [0.2, 0.25) is 0 Å². The Balaban J connectivity index is 0.00000225.